The van der Waals surface area contributed by atoms with Crippen molar-refractivity contribution in [1.82, 2.24) is 0 Å². The van der Waals surface area contributed by atoms with Gasteiger partial charge < -0.3 is 5.73 Å². The van der Waals surface area contributed by atoms with Gasteiger partial charge >= 0.3 is 0 Å². The Labute approximate surface area is 223 Å². The Morgan fingerprint density at radius 3 is 2.38 bits per heavy atom. The molecular weight excluding hydrogens is 511 g/mol. The van der Waals surface area contributed by atoms with Crippen LogP contribution in [0.15, 0.2) is 95.5 Å². The van der Waals surface area contributed by atoms with Crippen LogP contribution in [0.3, 0.4) is 0 Å². The number of ketones is 1. The second-order valence-corrected chi connectivity index (χ2v) is 9.71. The number of Topliss-reactive ketones (excluding diaryl/α,β-unsaturated/α-hetero) is 1. The number of nitriles is 1. The molecule has 0 radical (unpaired) electrons. The number of hydrogen-bond acceptors (Lipinski definition) is 6. The van der Waals surface area contributed by atoms with Gasteiger partial charge in [-0.15, -0.1) is 0 Å². The number of nitro benzene ring substituents is 1. The van der Waals surface area contributed by atoms with Crippen LogP contribution in [0, 0.1) is 21.4 Å². The molecule has 2 aliphatic rings. The Hall–Kier alpha value is -4.12. The number of nitro groups is 1. The van der Waals surface area contributed by atoms with Crippen molar-refractivity contribution < 1.29 is 9.72 Å². The molecular formula is C28H20Cl2N4O3. The van der Waals surface area contributed by atoms with Gasteiger partial charge in [0.05, 0.1) is 33.2 Å². The number of halogens is 2. The number of rotatable bonds is 4. The summed E-state index contributed by atoms with van der Waals surface area (Å²) in [5, 5.41) is 22.4. The Bertz CT molecular complexity index is 1540. The number of nitrogens with two attached hydrogens (primary N) is 1. The fourth-order valence-electron chi connectivity index (χ4n) is 5.17. The van der Waals surface area contributed by atoms with E-state index in [0.717, 1.165) is 5.56 Å². The highest BCUT2D eigenvalue weighted by Crippen LogP contribution is 2.51. The van der Waals surface area contributed by atoms with E-state index >= 15 is 0 Å². The average Bonchev–Trinajstić information content (AvgIpc) is 2.89. The van der Waals surface area contributed by atoms with Crippen LogP contribution >= 0.6 is 23.2 Å². The van der Waals surface area contributed by atoms with Gasteiger partial charge in [-0.25, -0.2) is 0 Å². The van der Waals surface area contributed by atoms with E-state index < -0.39 is 10.8 Å². The van der Waals surface area contributed by atoms with Gasteiger partial charge in [0.2, 0.25) is 0 Å². The van der Waals surface area contributed by atoms with E-state index in [1.807, 2.05) is 30.3 Å². The standard InChI is InChI=1S/C28H20Cl2N4O3/c29-21-9-5-4-8-19(21)26-20(15-31)28(32)33(23-14-18(34(36)37)10-11-22(23)30)24-12-17(13-25(35)27(24)26)16-6-2-1-3-7-16/h1-11,14,17,26H,12-13,32H2/t17-,26+/m0/s1. The van der Waals surface area contributed by atoms with Crippen molar-refractivity contribution in [2.75, 3.05) is 4.90 Å². The van der Waals surface area contributed by atoms with Crippen LogP contribution in [0.25, 0.3) is 0 Å². The number of anilines is 1. The molecule has 1 aliphatic heterocycles. The van der Waals surface area contributed by atoms with Crippen LogP contribution in [-0.4, -0.2) is 10.7 Å². The van der Waals surface area contributed by atoms with Gasteiger partial charge in [0, 0.05) is 34.8 Å². The van der Waals surface area contributed by atoms with E-state index in [1.54, 1.807) is 24.3 Å². The summed E-state index contributed by atoms with van der Waals surface area (Å²) in [5.74, 6) is -1.02. The molecule has 2 atom stereocenters. The van der Waals surface area contributed by atoms with Gasteiger partial charge in [-0.3, -0.25) is 19.8 Å². The zero-order chi connectivity index (χ0) is 26.3. The van der Waals surface area contributed by atoms with Gasteiger partial charge in [0.25, 0.3) is 5.69 Å². The van der Waals surface area contributed by atoms with Crippen molar-refractivity contribution in [3.8, 4) is 6.07 Å². The average molecular weight is 531 g/mol. The molecule has 9 heteroatoms. The Morgan fingerprint density at radius 1 is 1.00 bits per heavy atom. The summed E-state index contributed by atoms with van der Waals surface area (Å²) in [7, 11) is 0. The topological polar surface area (TPSA) is 113 Å². The number of benzene rings is 3. The molecule has 0 amide bonds. The summed E-state index contributed by atoms with van der Waals surface area (Å²) in [6.07, 6.45) is 0.642. The van der Waals surface area contributed by atoms with Crippen molar-refractivity contribution in [1.29, 1.82) is 5.26 Å². The summed E-state index contributed by atoms with van der Waals surface area (Å²) < 4.78 is 0. The van der Waals surface area contributed by atoms with Crippen LogP contribution in [-0.2, 0) is 4.79 Å². The first kappa shape index (κ1) is 24.6. The third-order valence-corrected chi connectivity index (χ3v) is 7.50. The van der Waals surface area contributed by atoms with Gasteiger partial charge in [-0.05, 0) is 35.6 Å². The van der Waals surface area contributed by atoms with E-state index in [9.17, 15) is 20.2 Å². The van der Waals surface area contributed by atoms with E-state index in [2.05, 4.69) is 6.07 Å². The highest BCUT2D eigenvalue weighted by Gasteiger charge is 2.44. The number of non-ortho nitro benzene ring substituents is 1. The normalized spacial score (nSPS) is 19.5. The molecule has 1 aliphatic carbocycles. The Morgan fingerprint density at radius 2 is 1.70 bits per heavy atom. The second-order valence-electron chi connectivity index (χ2n) is 8.89. The molecule has 3 aromatic rings. The van der Waals surface area contributed by atoms with Crippen LogP contribution in [0.2, 0.25) is 10.0 Å². The number of allylic oxidation sites excluding steroid dienone is 3. The second kappa shape index (κ2) is 9.74. The quantitative estimate of drug-likeness (QED) is 0.300. The Balaban J connectivity index is 1.78. The van der Waals surface area contributed by atoms with Crippen molar-refractivity contribution in [3.05, 3.63) is 127 Å². The third kappa shape index (κ3) is 4.25. The number of carbonyl (C=O) groups is 1. The highest BCUT2D eigenvalue weighted by molar-refractivity contribution is 6.33. The van der Waals surface area contributed by atoms with Crippen molar-refractivity contribution in [2.24, 2.45) is 5.73 Å². The lowest BCUT2D eigenvalue weighted by atomic mass is 9.72. The lowest BCUT2D eigenvalue weighted by molar-refractivity contribution is -0.384. The van der Waals surface area contributed by atoms with Crippen LogP contribution in [0.5, 0.6) is 0 Å². The van der Waals surface area contributed by atoms with Gasteiger partial charge in [0.15, 0.2) is 5.78 Å². The molecule has 2 N–H and O–H groups in total. The molecule has 5 rings (SSSR count). The fraction of sp³-hybridized carbons (Fsp3) is 0.143. The first-order valence-electron chi connectivity index (χ1n) is 11.5. The molecule has 184 valence electrons. The SMILES string of the molecule is N#CC1=C(N)N(c2cc([N+](=O)[O-])ccc2Cl)C2=C(C(=O)C[C@@H](c3ccccc3)C2)[C@@H]1c1ccccc1Cl. The number of nitrogens with zero attached hydrogens (tertiary/aromatic N) is 3. The van der Waals surface area contributed by atoms with Crippen molar-refractivity contribution >= 4 is 40.4 Å². The minimum Gasteiger partial charge on any atom is -0.384 e. The molecule has 0 bridgehead atoms. The van der Waals surface area contributed by atoms with Gasteiger partial charge in [0.1, 0.15) is 5.82 Å². The maximum atomic E-state index is 13.9. The zero-order valence-electron chi connectivity index (χ0n) is 19.4. The lowest BCUT2D eigenvalue weighted by Crippen LogP contribution is -2.40. The van der Waals surface area contributed by atoms with Crippen molar-refractivity contribution in [2.45, 2.75) is 24.7 Å². The molecule has 0 aromatic heterocycles. The molecule has 1 heterocycles. The summed E-state index contributed by atoms with van der Waals surface area (Å²) in [6.45, 7) is 0. The Kier molecular flexibility index (Phi) is 6.46. The predicted molar refractivity (Wildman–Crippen MR) is 142 cm³/mol. The molecule has 7 nitrogen and oxygen atoms in total. The smallest absolute Gasteiger partial charge is 0.271 e. The minimum atomic E-state index is -0.772. The first-order chi connectivity index (χ1) is 17.8. The molecule has 0 fully saturated rings. The van der Waals surface area contributed by atoms with Crippen molar-refractivity contribution in [3.63, 3.8) is 0 Å². The highest BCUT2D eigenvalue weighted by atomic mass is 35.5. The first-order valence-corrected chi connectivity index (χ1v) is 12.3. The maximum absolute atomic E-state index is 13.9. The van der Waals surface area contributed by atoms with Crippen LogP contribution < -0.4 is 10.6 Å². The van der Waals surface area contributed by atoms with E-state index in [-0.39, 0.29) is 45.9 Å². The summed E-state index contributed by atoms with van der Waals surface area (Å²) in [4.78, 5) is 26.4. The predicted octanol–water partition coefficient (Wildman–Crippen LogP) is 6.60. The molecule has 37 heavy (non-hydrogen) atoms. The van der Waals surface area contributed by atoms with E-state index in [4.69, 9.17) is 28.9 Å². The monoisotopic (exact) mass is 530 g/mol. The van der Waals surface area contributed by atoms with Gasteiger partial charge in [-0.1, -0.05) is 71.7 Å². The molecule has 0 saturated heterocycles. The summed E-state index contributed by atoms with van der Waals surface area (Å²) in [6, 6.07) is 22.9. The summed E-state index contributed by atoms with van der Waals surface area (Å²) in [5.41, 5.74) is 9.32. The number of carbonyl (C=O) groups excluding carboxylic acids is 1. The van der Waals surface area contributed by atoms with Gasteiger partial charge in [-0.2, -0.15) is 5.26 Å². The maximum Gasteiger partial charge on any atom is 0.271 e. The molecule has 0 saturated carbocycles. The van der Waals surface area contributed by atoms with E-state index in [0.29, 0.717) is 28.3 Å². The molecule has 0 spiro atoms. The molecule has 0 unspecified atom stereocenters. The minimum absolute atomic E-state index is 0.0510. The van der Waals surface area contributed by atoms with Crippen LogP contribution in [0.4, 0.5) is 11.4 Å². The lowest BCUT2D eigenvalue weighted by Gasteiger charge is -2.42. The zero-order valence-corrected chi connectivity index (χ0v) is 20.9. The fourth-order valence-corrected chi connectivity index (χ4v) is 5.62. The van der Waals surface area contributed by atoms with E-state index in [1.165, 1.54) is 23.1 Å². The summed E-state index contributed by atoms with van der Waals surface area (Å²) >= 11 is 13.1. The number of hydrogen-bond donors (Lipinski definition) is 1. The van der Waals surface area contributed by atoms with Crippen LogP contribution in [0.1, 0.15) is 35.8 Å². The largest absolute Gasteiger partial charge is 0.384 e. The third-order valence-electron chi connectivity index (χ3n) is 6.84. The molecule has 3 aromatic carbocycles.